The van der Waals surface area contributed by atoms with E-state index in [1.54, 1.807) is 16.7 Å². The fourth-order valence-corrected chi connectivity index (χ4v) is 14.4. The van der Waals surface area contributed by atoms with Crippen LogP contribution in [0.4, 0.5) is 0 Å². The van der Waals surface area contributed by atoms with Crippen LogP contribution in [-0.2, 0) is 21.7 Å². The summed E-state index contributed by atoms with van der Waals surface area (Å²) in [4.78, 5) is 0. The molecule has 0 aliphatic carbocycles. The quantitative estimate of drug-likeness (QED) is 0.0910. The van der Waals surface area contributed by atoms with Crippen molar-refractivity contribution in [3.05, 3.63) is 97.6 Å². The molecule has 0 unspecified atom stereocenters. The average Bonchev–Trinajstić information content (AvgIpc) is 3.39. The molecule has 0 nitrogen and oxygen atoms in total. The zero-order valence-corrected chi connectivity index (χ0v) is 32.1. The smallest absolute Gasteiger partial charge is 0.160 e. The molecule has 0 amide bonds. The predicted octanol–water partition coefficient (Wildman–Crippen LogP) is 12.3. The molecule has 226 valence electrons. The second-order valence-electron chi connectivity index (χ2n) is 14.8. The van der Waals surface area contributed by atoms with Crippen molar-refractivity contribution in [2.75, 3.05) is 0 Å². The summed E-state index contributed by atoms with van der Waals surface area (Å²) in [5, 5.41) is 10.0. The van der Waals surface area contributed by atoms with E-state index in [0.717, 1.165) is 0 Å². The Bertz CT molecular complexity index is 1210. The van der Waals surface area contributed by atoms with Crippen molar-refractivity contribution in [1.29, 1.82) is 0 Å². The molecule has 0 aliphatic heterocycles. The Labute approximate surface area is 276 Å². The van der Waals surface area contributed by atoms with E-state index in [2.05, 4.69) is 162 Å². The Morgan fingerprint density at radius 2 is 0.881 bits per heavy atom. The predicted molar refractivity (Wildman–Crippen MR) is 196 cm³/mol. The molecule has 4 aromatic carbocycles. The van der Waals surface area contributed by atoms with Crippen LogP contribution in [0.15, 0.2) is 97.6 Å². The average molecular weight is 635 g/mol. The van der Waals surface area contributed by atoms with Crippen molar-refractivity contribution in [1.82, 2.24) is 0 Å². The van der Waals surface area contributed by atoms with E-state index in [-0.39, 0.29) is 37.6 Å². The van der Waals surface area contributed by atoms with Crippen LogP contribution in [-0.4, -0.2) is 20.6 Å². The third kappa shape index (κ3) is 11.0. The maximum Gasteiger partial charge on any atom is 2.00 e. The normalized spacial score (nSPS) is 12.6. The molecular formula is C39H56P2Ti. The van der Waals surface area contributed by atoms with Gasteiger partial charge in [-0.25, -0.2) is 0 Å². The summed E-state index contributed by atoms with van der Waals surface area (Å²) >= 11 is 0. The molecule has 0 N–H and O–H groups in total. The van der Waals surface area contributed by atoms with Crippen LogP contribution in [0.25, 0.3) is 21.5 Å². The maximum atomic E-state index is 3.46. The molecular weight excluding hydrogens is 578 g/mol. The molecule has 0 heterocycles. The molecule has 4 aromatic rings. The van der Waals surface area contributed by atoms with E-state index in [0.29, 0.717) is 20.6 Å². The van der Waals surface area contributed by atoms with Crippen molar-refractivity contribution in [3.63, 3.8) is 0 Å². The summed E-state index contributed by atoms with van der Waals surface area (Å²) in [7, 11) is -0.369. The number of hydrogen-bond donors (Lipinski definition) is 0. The topological polar surface area (TPSA) is 0 Å². The minimum absolute atomic E-state index is 0. The third-order valence-electron chi connectivity index (χ3n) is 6.73. The maximum absolute atomic E-state index is 3.46. The number of hydrogen-bond acceptors (Lipinski definition) is 0. The Hall–Kier alpha value is -1.29. The first-order valence-electron chi connectivity index (χ1n) is 15.0. The monoisotopic (exact) mass is 634 g/mol. The molecule has 0 aromatic heterocycles. The first-order valence-corrected chi connectivity index (χ1v) is 17.6. The number of rotatable bonds is 3. The van der Waals surface area contributed by atoms with E-state index in [1.807, 2.05) is 19.1 Å². The number of fused-ring (bicyclic) bond motifs is 2. The zero-order valence-electron chi connectivity index (χ0n) is 28.8. The number of benzene rings is 2. The summed E-state index contributed by atoms with van der Waals surface area (Å²) in [5.74, 6) is 0. The van der Waals surface area contributed by atoms with Crippen molar-refractivity contribution in [2.45, 2.75) is 111 Å². The van der Waals surface area contributed by atoms with Gasteiger partial charge in [-0.15, -0.1) is 80.7 Å². The fraction of sp³-hybridized carbons (Fsp3) is 0.436. The van der Waals surface area contributed by atoms with Gasteiger partial charge in [0, 0.05) is 0 Å². The number of allylic oxidation sites excluding steroid dienone is 3. The third-order valence-corrected chi connectivity index (χ3v) is 13.6. The molecule has 0 fully saturated rings. The molecule has 0 spiro atoms. The Morgan fingerprint density at radius 1 is 0.571 bits per heavy atom. The largest absolute Gasteiger partial charge is 2.00 e. The van der Waals surface area contributed by atoms with Gasteiger partial charge in [-0.3, -0.25) is 0 Å². The van der Waals surface area contributed by atoms with Gasteiger partial charge in [0.25, 0.3) is 0 Å². The SMILES string of the molecule is C=CC=CC.CC(C)(C)P(c1cc2ccccc2[cH-]1)C(C)(C)C.CC(C)(C)P(c1cc2ccccc2[cH-]1)C(C)(C)C.[Ti+2]. The molecule has 3 heteroatoms. The summed E-state index contributed by atoms with van der Waals surface area (Å²) in [6.45, 7) is 33.9. The van der Waals surface area contributed by atoms with E-state index in [4.69, 9.17) is 0 Å². The van der Waals surface area contributed by atoms with Crippen molar-refractivity contribution < 1.29 is 21.7 Å². The summed E-state index contributed by atoms with van der Waals surface area (Å²) in [6, 6.07) is 27.0. The van der Waals surface area contributed by atoms with Crippen molar-refractivity contribution >= 4 is 48.0 Å². The van der Waals surface area contributed by atoms with E-state index in [1.165, 1.54) is 21.5 Å². The summed E-state index contributed by atoms with van der Waals surface area (Å²) in [5.41, 5.74) is 0. The van der Waals surface area contributed by atoms with Crippen LogP contribution in [0, 0.1) is 0 Å². The second-order valence-corrected chi connectivity index (χ2v) is 22.5. The minimum Gasteiger partial charge on any atom is -0.160 e. The molecule has 0 atom stereocenters. The van der Waals surface area contributed by atoms with E-state index in [9.17, 15) is 0 Å². The Morgan fingerprint density at radius 3 is 1.10 bits per heavy atom. The minimum atomic E-state index is -0.185. The van der Waals surface area contributed by atoms with Gasteiger partial charge in [-0.05, 0) is 27.5 Å². The van der Waals surface area contributed by atoms with Crippen molar-refractivity contribution in [2.24, 2.45) is 0 Å². The standard InChI is InChI=1S/2C17H24P.C5H8.Ti/c2*1-16(2,3)18(17(4,5)6)15-11-13-9-7-8-10-14(13)12-15;1-3-5-4-2;/h2*7-12H,1-6H3;3-5H,1H2,2H3;/q2*-1;;+2. The van der Waals surface area contributed by atoms with Gasteiger partial charge in [0.1, 0.15) is 0 Å². The van der Waals surface area contributed by atoms with Gasteiger partial charge in [-0.1, -0.05) is 136 Å². The van der Waals surface area contributed by atoms with Crippen LogP contribution in [0.3, 0.4) is 0 Å². The van der Waals surface area contributed by atoms with Gasteiger partial charge >= 0.3 is 21.7 Å². The van der Waals surface area contributed by atoms with E-state index >= 15 is 0 Å². The first-order chi connectivity index (χ1) is 18.8. The van der Waals surface area contributed by atoms with Gasteiger partial charge < -0.3 is 0 Å². The van der Waals surface area contributed by atoms with Crippen LogP contribution in [0.5, 0.6) is 0 Å². The zero-order chi connectivity index (χ0) is 31.2. The molecule has 42 heavy (non-hydrogen) atoms. The van der Waals surface area contributed by atoms with Crippen LogP contribution < -0.4 is 10.6 Å². The van der Waals surface area contributed by atoms with E-state index < -0.39 is 0 Å². The Kier molecular flexibility index (Phi) is 14.4. The fourth-order valence-electron chi connectivity index (χ4n) is 6.22. The molecule has 0 bridgehead atoms. The molecule has 0 aliphatic rings. The molecule has 0 radical (unpaired) electrons. The second kappa shape index (κ2) is 15.6. The van der Waals surface area contributed by atoms with Crippen LogP contribution in [0.2, 0.25) is 0 Å². The van der Waals surface area contributed by atoms with Crippen LogP contribution >= 0.6 is 15.8 Å². The first kappa shape index (κ1) is 38.7. The van der Waals surface area contributed by atoms with Gasteiger partial charge in [0.15, 0.2) is 0 Å². The Balaban J connectivity index is 0.000000355. The molecule has 0 saturated carbocycles. The summed E-state index contributed by atoms with van der Waals surface area (Å²) < 4.78 is 0. The van der Waals surface area contributed by atoms with Crippen molar-refractivity contribution in [3.8, 4) is 0 Å². The molecule has 4 rings (SSSR count). The van der Waals surface area contributed by atoms with Gasteiger partial charge in [0.2, 0.25) is 0 Å². The molecule has 0 saturated heterocycles. The van der Waals surface area contributed by atoms with Gasteiger partial charge in [-0.2, -0.15) is 12.1 Å². The van der Waals surface area contributed by atoms with Gasteiger partial charge in [0.05, 0.1) is 0 Å². The van der Waals surface area contributed by atoms with Crippen LogP contribution in [0.1, 0.15) is 90.0 Å². The summed E-state index contributed by atoms with van der Waals surface area (Å²) in [6.07, 6.45) is 5.58.